The first-order chi connectivity index (χ1) is 1.73. The van der Waals surface area contributed by atoms with Crippen LogP contribution in [0.3, 0.4) is 0 Å². The Hall–Kier alpha value is 3.08. The zero-order valence-electron chi connectivity index (χ0n) is 3.14. The minimum atomic E-state index is -4.08. The molecule has 0 saturated carbocycles. The van der Waals surface area contributed by atoms with Crippen molar-refractivity contribution < 1.29 is 48.8 Å². The fourth-order valence-corrected chi connectivity index (χ4v) is 0. The molecule has 7 heavy (non-hydrogen) atoms. The van der Waals surface area contributed by atoms with Gasteiger partial charge in [-0.3, -0.25) is 0 Å². The van der Waals surface area contributed by atoms with Gasteiger partial charge in [0, 0.05) is 19.5 Å². The van der Waals surface area contributed by atoms with Crippen molar-refractivity contribution in [3.05, 3.63) is 0 Å². The Morgan fingerprint density at radius 1 is 1.29 bits per heavy atom. The van der Waals surface area contributed by atoms with Crippen molar-refractivity contribution in [3.8, 4) is 0 Å². The molecule has 0 radical (unpaired) electrons. The Labute approximate surface area is 107 Å². The van der Waals surface area contributed by atoms with Crippen LogP contribution in [-0.2, 0) is 41.4 Å². The Bertz CT molecular complexity index is 37.9. The molecule has 0 saturated heterocycles. The number of rotatable bonds is 0. The first-order valence-electron chi connectivity index (χ1n) is 0.612. The summed E-state index contributed by atoms with van der Waals surface area (Å²) in [5.74, 6) is 0. The molecule has 0 aromatic heterocycles. The van der Waals surface area contributed by atoms with Crippen LogP contribution in [0.1, 0.15) is 0 Å². The summed E-state index contributed by atoms with van der Waals surface area (Å²) < 4.78 is 25.8. The molecule has 30 valence electrons. The van der Waals surface area contributed by atoms with Crippen LogP contribution in [0.2, 0.25) is 0 Å². The largest absolute Gasteiger partial charge is 0 e. The summed E-state index contributed by atoms with van der Waals surface area (Å²) in [7, 11) is 0. The predicted molar refractivity (Wildman–Crippen MR) is 15.0 cm³/mol. The van der Waals surface area contributed by atoms with Crippen LogP contribution in [0.5, 0.6) is 0 Å². The average molecular weight is 228 g/mol. The first-order valence-corrected chi connectivity index (χ1v) is 2.52. The summed E-state index contributed by atoms with van der Waals surface area (Å²) in [4.78, 5) is 0. The van der Waals surface area contributed by atoms with Gasteiger partial charge in [0.15, 0.2) is 0 Å². The van der Waals surface area contributed by atoms with Crippen LogP contribution >= 0.6 is 0 Å². The molecule has 3 nitrogen and oxygen atoms in total. The maximum atomic E-state index is 8.58. The normalized spacial score (nSPS) is 3.71. The SMILES string of the molecule is [CaH2].[Mg+2].[O]=[Ti]([O-])[O-].[Zn]. The van der Waals surface area contributed by atoms with E-state index in [0.717, 1.165) is 0 Å². The summed E-state index contributed by atoms with van der Waals surface area (Å²) in [6.45, 7) is 0. The maximum Gasteiger partial charge on any atom is 0 e. The fourth-order valence-electron chi connectivity index (χ4n) is 0. The standard InChI is InChI=1S/Ca.Mg.3O.Ti.Zn.2H/q;+2;;2*-1;;;;. The van der Waals surface area contributed by atoms with E-state index in [1.54, 1.807) is 0 Å². The van der Waals surface area contributed by atoms with Gasteiger partial charge < -0.3 is 0 Å². The minimum absolute atomic E-state index is 0. The summed E-state index contributed by atoms with van der Waals surface area (Å²) in [6.07, 6.45) is 0. The van der Waals surface area contributed by atoms with Crippen LogP contribution in [-0.4, -0.2) is 60.8 Å². The van der Waals surface area contributed by atoms with Gasteiger partial charge >= 0.3 is 90.1 Å². The second kappa shape index (κ2) is 16.0. The Kier molecular flexibility index (Phi) is 51.5. The van der Waals surface area contributed by atoms with E-state index in [1.165, 1.54) is 0 Å². The third-order valence-electron chi connectivity index (χ3n) is 0. The summed E-state index contributed by atoms with van der Waals surface area (Å²) in [5, 5.41) is 0. The van der Waals surface area contributed by atoms with Crippen molar-refractivity contribution in [1.82, 2.24) is 0 Å². The topological polar surface area (TPSA) is 63.2 Å². The minimum Gasteiger partial charge on any atom is 0 e. The van der Waals surface area contributed by atoms with Gasteiger partial charge in [0.05, 0.1) is 0 Å². The van der Waals surface area contributed by atoms with Gasteiger partial charge in [0.1, 0.15) is 0 Å². The zero-order valence-corrected chi connectivity index (χ0v) is 9.08. The van der Waals surface area contributed by atoms with Gasteiger partial charge in [-0.25, -0.2) is 0 Å². The van der Waals surface area contributed by atoms with Crippen molar-refractivity contribution >= 4 is 60.8 Å². The Balaban J connectivity index is -0.0000000150. The van der Waals surface area contributed by atoms with Crippen LogP contribution in [0.25, 0.3) is 0 Å². The smallest absolute Gasteiger partial charge is 0 e. The molecule has 0 bridgehead atoms. The quantitative estimate of drug-likeness (QED) is 0.399. The van der Waals surface area contributed by atoms with Crippen LogP contribution in [0.15, 0.2) is 0 Å². The predicted octanol–water partition coefficient (Wildman–Crippen LogP) is -3.80. The molecule has 0 aliphatic heterocycles. The van der Waals surface area contributed by atoms with Crippen molar-refractivity contribution in [1.29, 1.82) is 0 Å². The second-order valence-electron chi connectivity index (χ2n) is 0.250. The van der Waals surface area contributed by atoms with Gasteiger partial charge in [0.25, 0.3) is 0 Å². The van der Waals surface area contributed by atoms with E-state index in [4.69, 9.17) is 10.7 Å². The molecule has 0 fully saturated rings. The van der Waals surface area contributed by atoms with Crippen LogP contribution in [0.4, 0.5) is 0 Å². The summed E-state index contributed by atoms with van der Waals surface area (Å²) >= 11 is -4.08. The van der Waals surface area contributed by atoms with Crippen molar-refractivity contribution in [2.24, 2.45) is 0 Å². The van der Waals surface area contributed by atoms with E-state index in [1.807, 2.05) is 0 Å². The third kappa shape index (κ3) is 47.9. The molecule has 0 rings (SSSR count). The molecule has 0 aromatic rings. The molecule has 0 unspecified atom stereocenters. The monoisotopic (exact) mass is 226 g/mol. The van der Waals surface area contributed by atoms with Crippen molar-refractivity contribution in [2.45, 2.75) is 0 Å². The van der Waals surface area contributed by atoms with E-state index in [-0.39, 0.29) is 80.3 Å². The molecule has 0 heterocycles. The van der Waals surface area contributed by atoms with E-state index in [2.05, 4.69) is 0 Å². The average Bonchev–Trinajstić information content (AvgIpc) is 0.811. The molecule has 0 amide bonds. The van der Waals surface area contributed by atoms with E-state index in [9.17, 15) is 0 Å². The Morgan fingerprint density at radius 2 is 1.29 bits per heavy atom. The van der Waals surface area contributed by atoms with Gasteiger partial charge in [-0.15, -0.1) is 0 Å². The molecule has 0 N–H and O–H groups in total. The fraction of sp³-hybridized carbons (Fsp3) is 0. The molecule has 0 aliphatic carbocycles. The van der Waals surface area contributed by atoms with E-state index in [0.29, 0.717) is 0 Å². The van der Waals surface area contributed by atoms with Gasteiger partial charge in [0.2, 0.25) is 0 Å². The first kappa shape index (κ1) is 22.5. The molecule has 0 aromatic carbocycles. The third-order valence-corrected chi connectivity index (χ3v) is 0. The zero-order chi connectivity index (χ0) is 3.58. The molecular weight excluding hydrogens is 226 g/mol. The van der Waals surface area contributed by atoms with E-state index < -0.39 is 18.6 Å². The van der Waals surface area contributed by atoms with E-state index >= 15 is 0 Å². The Morgan fingerprint density at radius 3 is 1.29 bits per heavy atom. The molecule has 0 atom stereocenters. The molecule has 7 heteroatoms. The molecule has 0 spiro atoms. The van der Waals surface area contributed by atoms with Gasteiger partial charge in [-0.1, -0.05) is 0 Å². The number of hydrogen-bond donors (Lipinski definition) is 0. The van der Waals surface area contributed by atoms with Gasteiger partial charge in [-0.05, 0) is 0 Å². The van der Waals surface area contributed by atoms with Crippen LogP contribution in [0, 0.1) is 0 Å². The van der Waals surface area contributed by atoms with Gasteiger partial charge in [-0.2, -0.15) is 0 Å². The van der Waals surface area contributed by atoms with Crippen molar-refractivity contribution in [2.75, 3.05) is 0 Å². The summed E-state index contributed by atoms with van der Waals surface area (Å²) in [6, 6.07) is 0. The summed E-state index contributed by atoms with van der Waals surface area (Å²) in [5.41, 5.74) is 0. The number of hydrogen-bond acceptors (Lipinski definition) is 3. The van der Waals surface area contributed by atoms with Crippen molar-refractivity contribution in [3.63, 3.8) is 0 Å². The second-order valence-corrected chi connectivity index (χ2v) is 1.03. The molecular formula is H2CaMgO3TiZn. The maximum absolute atomic E-state index is 8.58. The van der Waals surface area contributed by atoms with Crippen LogP contribution < -0.4 is 7.38 Å². The molecule has 0 aliphatic rings.